The number of nitrogens with two attached hydrogens (primary N) is 1. The second-order valence-electron chi connectivity index (χ2n) is 8.14. The lowest BCUT2D eigenvalue weighted by molar-refractivity contribution is -0.127. The fraction of sp³-hybridized carbons (Fsp3) is 0.909. The highest BCUT2D eigenvalue weighted by molar-refractivity contribution is 5.86. The Morgan fingerprint density at radius 2 is 1.19 bits per heavy atom. The third-order valence-electron chi connectivity index (χ3n) is 4.89. The largest absolute Gasteiger partial charge is 0.368 e. The highest BCUT2D eigenvalue weighted by atomic mass is 16.2. The minimum absolute atomic E-state index is 0.0440. The van der Waals surface area contributed by atoms with E-state index in [1.165, 1.54) is 70.6 Å². The molecule has 0 aromatic heterocycles. The van der Waals surface area contributed by atoms with Crippen LogP contribution in [-0.4, -0.2) is 17.9 Å². The lowest BCUT2D eigenvalue weighted by atomic mass is 10.0. The molecule has 4 heteroatoms. The summed E-state index contributed by atoms with van der Waals surface area (Å²) >= 11 is 0. The van der Waals surface area contributed by atoms with Gasteiger partial charge in [-0.05, 0) is 18.8 Å². The van der Waals surface area contributed by atoms with E-state index >= 15 is 0 Å². The Kier molecular flexibility index (Phi) is 16.7. The van der Waals surface area contributed by atoms with Gasteiger partial charge < -0.3 is 11.1 Å². The van der Waals surface area contributed by atoms with Gasteiger partial charge in [0.25, 0.3) is 0 Å². The fourth-order valence-electron chi connectivity index (χ4n) is 3.29. The van der Waals surface area contributed by atoms with E-state index in [0.29, 0.717) is 18.8 Å². The predicted octanol–water partition coefficient (Wildman–Crippen LogP) is 5.48. The summed E-state index contributed by atoms with van der Waals surface area (Å²) in [6.07, 6.45) is 17.9. The summed E-state index contributed by atoms with van der Waals surface area (Å²) in [7, 11) is 0. The van der Waals surface area contributed by atoms with Crippen LogP contribution in [0.1, 0.15) is 117 Å². The maximum Gasteiger partial charge on any atom is 0.240 e. The molecule has 1 atom stereocenters. The SMILES string of the molecule is CCCCCCCCCCCCCCCC(=O)N[C@@H](CC(C)C)C(N)=O. The number of carbonyl (C=O) groups is 2. The van der Waals surface area contributed by atoms with Crippen molar-refractivity contribution in [1.82, 2.24) is 5.32 Å². The van der Waals surface area contributed by atoms with Gasteiger partial charge in [-0.3, -0.25) is 9.59 Å². The summed E-state index contributed by atoms with van der Waals surface area (Å²) in [5.74, 6) is -0.140. The highest BCUT2D eigenvalue weighted by Crippen LogP contribution is 2.13. The number of primary amides is 1. The van der Waals surface area contributed by atoms with Crippen molar-refractivity contribution in [1.29, 1.82) is 0 Å². The summed E-state index contributed by atoms with van der Waals surface area (Å²) in [6, 6.07) is -0.524. The maximum absolute atomic E-state index is 11.9. The van der Waals surface area contributed by atoms with E-state index in [-0.39, 0.29) is 5.91 Å². The van der Waals surface area contributed by atoms with E-state index in [9.17, 15) is 9.59 Å². The van der Waals surface area contributed by atoms with Crippen LogP contribution < -0.4 is 11.1 Å². The van der Waals surface area contributed by atoms with Crippen molar-refractivity contribution in [2.24, 2.45) is 11.7 Å². The molecule has 0 unspecified atom stereocenters. The first-order chi connectivity index (χ1) is 12.5. The molecule has 3 N–H and O–H groups in total. The molecule has 0 aliphatic carbocycles. The normalized spacial score (nSPS) is 12.3. The van der Waals surface area contributed by atoms with Crippen LogP contribution >= 0.6 is 0 Å². The van der Waals surface area contributed by atoms with Crippen molar-refractivity contribution in [3.63, 3.8) is 0 Å². The van der Waals surface area contributed by atoms with E-state index in [0.717, 1.165) is 12.8 Å². The van der Waals surface area contributed by atoms with Gasteiger partial charge in [0.1, 0.15) is 6.04 Å². The molecule has 0 rings (SSSR count). The first kappa shape index (κ1) is 24.9. The third-order valence-corrected chi connectivity index (χ3v) is 4.89. The van der Waals surface area contributed by atoms with Crippen molar-refractivity contribution >= 4 is 11.8 Å². The first-order valence-corrected chi connectivity index (χ1v) is 11.1. The minimum Gasteiger partial charge on any atom is -0.368 e. The number of rotatable bonds is 18. The van der Waals surface area contributed by atoms with Crippen LogP contribution in [0.2, 0.25) is 0 Å². The predicted molar refractivity (Wildman–Crippen MR) is 111 cm³/mol. The van der Waals surface area contributed by atoms with Crippen molar-refractivity contribution in [2.75, 3.05) is 0 Å². The summed E-state index contributed by atoms with van der Waals surface area (Å²) in [5, 5.41) is 2.78. The minimum atomic E-state index is -0.524. The number of hydrogen-bond acceptors (Lipinski definition) is 2. The fourth-order valence-corrected chi connectivity index (χ4v) is 3.29. The van der Waals surface area contributed by atoms with Gasteiger partial charge in [-0.1, -0.05) is 97.8 Å². The molecule has 0 aliphatic rings. The third kappa shape index (κ3) is 16.4. The molecule has 0 bridgehead atoms. The number of nitrogens with one attached hydrogen (secondary N) is 1. The van der Waals surface area contributed by atoms with Crippen molar-refractivity contribution in [3.05, 3.63) is 0 Å². The quantitative estimate of drug-likeness (QED) is 0.314. The zero-order valence-electron chi connectivity index (χ0n) is 17.7. The van der Waals surface area contributed by atoms with Crippen molar-refractivity contribution in [2.45, 2.75) is 123 Å². The second-order valence-corrected chi connectivity index (χ2v) is 8.14. The van der Waals surface area contributed by atoms with Crippen LogP contribution in [0.25, 0.3) is 0 Å². The molecule has 154 valence electrons. The molecule has 0 aliphatic heterocycles. The zero-order valence-corrected chi connectivity index (χ0v) is 17.7. The molecule has 0 spiro atoms. The van der Waals surface area contributed by atoms with Gasteiger partial charge >= 0.3 is 0 Å². The van der Waals surface area contributed by atoms with Crippen molar-refractivity contribution in [3.8, 4) is 0 Å². The van der Waals surface area contributed by atoms with Gasteiger partial charge in [0, 0.05) is 6.42 Å². The molecular formula is C22H44N2O2. The van der Waals surface area contributed by atoms with E-state index in [1.807, 2.05) is 13.8 Å². The van der Waals surface area contributed by atoms with Crippen LogP contribution in [-0.2, 0) is 9.59 Å². The standard InChI is InChI=1S/C22H44N2O2/c1-4-5-6-7-8-9-10-11-12-13-14-15-16-17-21(25)24-20(22(23)26)18-19(2)3/h19-20H,4-18H2,1-3H3,(H2,23,26)(H,24,25)/t20-/m0/s1. The molecule has 0 radical (unpaired) electrons. The first-order valence-electron chi connectivity index (χ1n) is 11.1. The molecule has 0 heterocycles. The van der Waals surface area contributed by atoms with Crippen LogP contribution in [0.3, 0.4) is 0 Å². The monoisotopic (exact) mass is 368 g/mol. The molecule has 0 aromatic carbocycles. The maximum atomic E-state index is 11.9. The Labute approximate surface area is 162 Å². The Morgan fingerprint density at radius 3 is 1.58 bits per heavy atom. The molecule has 0 fully saturated rings. The Morgan fingerprint density at radius 1 is 0.769 bits per heavy atom. The number of amides is 2. The van der Waals surface area contributed by atoms with Gasteiger partial charge in [0.2, 0.25) is 11.8 Å². The molecule has 0 saturated heterocycles. The van der Waals surface area contributed by atoms with E-state index < -0.39 is 11.9 Å². The van der Waals surface area contributed by atoms with Gasteiger partial charge in [0.05, 0.1) is 0 Å². The molecular weight excluding hydrogens is 324 g/mol. The Bertz CT molecular complexity index is 356. The average Bonchev–Trinajstić information content (AvgIpc) is 2.58. The van der Waals surface area contributed by atoms with Gasteiger partial charge in [0.15, 0.2) is 0 Å². The summed E-state index contributed by atoms with van der Waals surface area (Å²) in [4.78, 5) is 23.3. The summed E-state index contributed by atoms with van der Waals surface area (Å²) < 4.78 is 0. The van der Waals surface area contributed by atoms with E-state index in [2.05, 4.69) is 12.2 Å². The van der Waals surface area contributed by atoms with Crippen LogP contribution in [0.5, 0.6) is 0 Å². The van der Waals surface area contributed by atoms with Crippen LogP contribution in [0.4, 0.5) is 0 Å². The topological polar surface area (TPSA) is 72.2 Å². The molecule has 26 heavy (non-hydrogen) atoms. The molecule has 2 amide bonds. The second kappa shape index (κ2) is 17.4. The van der Waals surface area contributed by atoms with Crippen LogP contribution in [0.15, 0.2) is 0 Å². The lowest BCUT2D eigenvalue weighted by Gasteiger charge is -2.17. The Balaban J connectivity index is 3.46. The average molecular weight is 369 g/mol. The zero-order chi connectivity index (χ0) is 19.6. The van der Waals surface area contributed by atoms with Gasteiger partial charge in [-0.2, -0.15) is 0 Å². The number of unbranched alkanes of at least 4 members (excludes halogenated alkanes) is 12. The van der Waals surface area contributed by atoms with Gasteiger partial charge in [-0.15, -0.1) is 0 Å². The smallest absolute Gasteiger partial charge is 0.240 e. The molecule has 0 saturated carbocycles. The Hall–Kier alpha value is -1.06. The summed E-state index contributed by atoms with van der Waals surface area (Å²) in [5.41, 5.74) is 5.35. The van der Waals surface area contributed by atoms with Crippen LogP contribution in [0, 0.1) is 5.92 Å². The number of hydrogen-bond donors (Lipinski definition) is 2. The number of carbonyl (C=O) groups excluding carboxylic acids is 2. The lowest BCUT2D eigenvalue weighted by Crippen LogP contribution is -2.45. The molecule has 0 aromatic rings. The van der Waals surface area contributed by atoms with E-state index in [4.69, 9.17) is 5.73 Å². The molecule has 4 nitrogen and oxygen atoms in total. The van der Waals surface area contributed by atoms with Gasteiger partial charge in [-0.25, -0.2) is 0 Å². The highest BCUT2D eigenvalue weighted by Gasteiger charge is 2.18. The van der Waals surface area contributed by atoms with E-state index in [1.54, 1.807) is 0 Å². The van der Waals surface area contributed by atoms with Crippen molar-refractivity contribution < 1.29 is 9.59 Å². The summed E-state index contributed by atoms with van der Waals surface area (Å²) in [6.45, 7) is 6.31.